The quantitative estimate of drug-likeness (QED) is 0.499. The van der Waals surface area contributed by atoms with Crippen molar-refractivity contribution in [2.45, 2.75) is 4.90 Å². The van der Waals surface area contributed by atoms with Crippen molar-refractivity contribution in [3.63, 3.8) is 0 Å². The first-order chi connectivity index (χ1) is 14.5. The van der Waals surface area contributed by atoms with Crippen LogP contribution in [0, 0.1) is 0 Å². The summed E-state index contributed by atoms with van der Waals surface area (Å²) in [5, 5.41) is 2.76. The van der Waals surface area contributed by atoms with Crippen LogP contribution in [0.3, 0.4) is 0 Å². The zero-order valence-electron chi connectivity index (χ0n) is 15.6. The van der Waals surface area contributed by atoms with Gasteiger partial charge < -0.3 is 9.88 Å². The third-order valence-corrected chi connectivity index (χ3v) is 5.59. The summed E-state index contributed by atoms with van der Waals surface area (Å²) in [4.78, 5) is 20.2. The number of hydrogen-bond acceptors (Lipinski definition) is 5. The first-order valence-electron chi connectivity index (χ1n) is 8.96. The molecule has 0 saturated carbocycles. The van der Waals surface area contributed by atoms with E-state index in [4.69, 9.17) is 0 Å². The molecule has 0 radical (unpaired) electrons. The minimum atomic E-state index is -3.83. The van der Waals surface area contributed by atoms with Gasteiger partial charge in [-0.2, -0.15) is 0 Å². The van der Waals surface area contributed by atoms with E-state index in [0.717, 1.165) is 5.69 Å². The Kier molecular flexibility index (Phi) is 5.27. The second kappa shape index (κ2) is 8.18. The summed E-state index contributed by atoms with van der Waals surface area (Å²) in [6, 6.07) is 18.4. The highest BCUT2D eigenvalue weighted by molar-refractivity contribution is 7.92. The van der Waals surface area contributed by atoms with Crippen LogP contribution in [-0.2, 0) is 10.0 Å². The molecule has 0 unspecified atom stereocenters. The summed E-state index contributed by atoms with van der Waals surface area (Å²) < 4.78 is 29.0. The Morgan fingerprint density at radius 3 is 2.10 bits per heavy atom. The van der Waals surface area contributed by atoms with E-state index in [1.165, 1.54) is 36.7 Å². The molecule has 150 valence electrons. The molecule has 8 nitrogen and oxygen atoms in total. The van der Waals surface area contributed by atoms with Crippen molar-refractivity contribution >= 4 is 27.6 Å². The highest BCUT2D eigenvalue weighted by Crippen LogP contribution is 2.17. The summed E-state index contributed by atoms with van der Waals surface area (Å²) in [5.74, 6) is -0.307. The monoisotopic (exact) mass is 419 g/mol. The molecule has 4 rings (SSSR count). The van der Waals surface area contributed by atoms with Crippen molar-refractivity contribution in [2.75, 3.05) is 10.0 Å². The summed E-state index contributed by atoms with van der Waals surface area (Å²) in [7, 11) is -3.83. The van der Waals surface area contributed by atoms with Crippen molar-refractivity contribution in [1.29, 1.82) is 0 Å². The molecule has 4 aromatic rings. The number of anilines is 2. The number of nitrogens with zero attached hydrogens (tertiary/aromatic N) is 3. The Morgan fingerprint density at radius 2 is 1.47 bits per heavy atom. The molecule has 0 aliphatic rings. The highest BCUT2D eigenvalue weighted by atomic mass is 32.2. The fourth-order valence-electron chi connectivity index (χ4n) is 2.74. The van der Waals surface area contributed by atoms with Crippen molar-refractivity contribution < 1.29 is 13.2 Å². The largest absolute Gasteiger partial charge is 0.324 e. The fraction of sp³-hybridized carbons (Fsp3) is 0. The number of carbonyl (C=O) groups excluding carboxylic acids is 1. The Labute approximate surface area is 173 Å². The molecule has 9 heteroatoms. The topological polar surface area (TPSA) is 106 Å². The molecule has 0 aliphatic carbocycles. The maximum absolute atomic E-state index is 12.5. The Balaban J connectivity index is 1.43. The van der Waals surface area contributed by atoms with Crippen LogP contribution in [0.4, 0.5) is 11.6 Å². The number of sulfonamides is 1. The number of aromatic nitrogens is 3. The first kappa shape index (κ1) is 19.3. The van der Waals surface area contributed by atoms with Crippen LogP contribution >= 0.6 is 0 Å². The zero-order valence-corrected chi connectivity index (χ0v) is 16.5. The van der Waals surface area contributed by atoms with Gasteiger partial charge in [0.05, 0.1) is 4.90 Å². The van der Waals surface area contributed by atoms with Gasteiger partial charge in [0.15, 0.2) is 0 Å². The normalized spacial score (nSPS) is 11.1. The minimum Gasteiger partial charge on any atom is -0.324 e. The standard InChI is InChI=1S/C21H17N5O3S/c27-20(16-4-8-18(9-5-16)26-14-1-2-15-26)24-17-6-10-19(11-7-17)30(28,29)25-21-22-12-3-13-23-21/h1-15H,(H,24,27)(H,22,23,25). The van der Waals surface area contributed by atoms with E-state index in [1.54, 1.807) is 18.2 Å². The Bertz CT molecular complexity index is 1240. The number of amides is 1. The number of hydrogen-bond donors (Lipinski definition) is 2. The van der Waals surface area contributed by atoms with Crippen molar-refractivity contribution in [2.24, 2.45) is 0 Å². The maximum atomic E-state index is 12.5. The lowest BCUT2D eigenvalue weighted by atomic mass is 10.2. The van der Waals surface area contributed by atoms with Crippen molar-refractivity contribution in [1.82, 2.24) is 14.5 Å². The van der Waals surface area contributed by atoms with Crippen LogP contribution in [0.5, 0.6) is 0 Å². The van der Waals surface area contributed by atoms with Gasteiger partial charge in [-0.05, 0) is 66.7 Å². The van der Waals surface area contributed by atoms with E-state index in [0.29, 0.717) is 11.3 Å². The molecular weight excluding hydrogens is 402 g/mol. The van der Waals surface area contributed by atoms with Crippen LogP contribution < -0.4 is 10.0 Å². The zero-order chi connectivity index (χ0) is 21.0. The van der Waals surface area contributed by atoms with Gasteiger partial charge in [0.1, 0.15) is 0 Å². The maximum Gasteiger partial charge on any atom is 0.264 e. The highest BCUT2D eigenvalue weighted by Gasteiger charge is 2.15. The van der Waals surface area contributed by atoms with Gasteiger partial charge in [0, 0.05) is 41.7 Å². The van der Waals surface area contributed by atoms with Gasteiger partial charge in [-0.15, -0.1) is 0 Å². The van der Waals surface area contributed by atoms with E-state index in [-0.39, 0.29) is 16.8 Å². The average molecular weight is 419 g/mol. The lowest BCUT2D eigenvalue weighted by Gasteiger charge is -2.09. The molecule has 0 spiro atoms. The Hall–Kier alpha value is -3.98. The van der Waals surface area contributed by atoms with E-state index >= 15 is 0 Å². The molecular formula is C21H17N5O3S. The van der Waals surface area contributed by atoms with Gasteiger partial charge in [-0.25, -0.2) is 23.1 Å². The average Bonchev–Trinajstić information content (AvgIpc) is 3.30. The summed E-state index contributed by atoms with van der Waals surface area (Å²) in [5.41, 5.74) is 1.91. The van der Waals surface area contributed by atoms with Crippen LogP contribution in [-0.4, -0.2) is 28.9 Å². The predicted octanol–water partition coefficient (Wildman–Crippen LogP) is 3.32. The number of carbonyl (C=O) groups is 1. The lowest BCUT2D eigenvalue weighted by Crippen LogP contribution is -2.15. The van der Waals surface area contributed by atoms with Gasteiger partial charge >= 0.3 is 0 Å². The molecule has 2 aromatic heterocycles. The second-order valence-corrected chi connectivity index (χ2v) is 7.98. The van der Waals surface area contributed by atoms with Crippen LogP contribution in [0.1, 0.15) is 10.4 Å². The predicted molar refractivity (Wildman–Crippen MR) is 113 cm³/mol. The van der Waals surface area contributed by atoms with Crippen molar-refractivity contribution in [3.05, 3.63) is 97.1 Å². The molecule has 0 atom stereocenters. The number of nitrogens with one attached hydrogen (secondary N) is 2. The van der Waals surface area contributed by atoms with Gasteiger partial charge in [-0.1, -0.05) is 0 Å². The van der Waals surface area contributed by atoms with Gasteiger partial charge in [0.25, 0.3) is 15.9 Å². The number of rotatable bonds is 6. The fourth-order valence-corrected chi connectivity index (χ4v) is 3.70. The first-order valence-corrected chi connectivity index (χ1v) is 10.4. The van der Waals surface area contributed by atoms with E-state index in [1.807, 2.05) is 41.2 Å². The van der Waals surface area contributed by atoms with Crippen LogP contribution in [0.2, 0.25) is 0 Å². The lowest BCUT2D eigenvalue weighted by molar-refractivity contribution is 0.102. The molecule has 30 heavy (non-hydrogen) atoms. The second-order valence-electron chi connectivity index (χ2n) is 6.29. The summed E-state index contributed by atoms with van der Waals surface area (Å²) >= 11 is 0. The molecule has 2 N–H and O–H groups in total. The van der Waals surface area contributed by atoms with E-state index in [9.17, 15) is 13.2 Å². The number of benzene rings is 2. The molecule has 2 aromatic carbocycles. The van der Waals surface area contributed by atoms with E-state index < -0.39 is 10.0 Å². The third-order valence-electron chi connectivity index (χ3n) is 4.25. The van der Waals surface area contributed by atoms with Crippen LogP contribution in [0.25, 0.3) is 5.69 Å². The summed E-state index contributed by atoms with van der Waals surface area (Å²) in [6.45, 7) is 0. The van der Waals surface area contributed by atoms with Gasteiger partial charge in [0.2, 0.25) is 5.95 Å². The molecule has 0 saturated heterocycles. The molecule has 1 amide bonds. The Morgan fingerprint density at radius 1 is 0.833 bits per heavy atom. The summed E-state index contributed by atoms with van der Waals surface area (Å²) in [6.07, 6.45) is 6.72. The van der Waals surface area contributed by atoms with E-state index in [2.05, 4.69) is 20.0 Å². The smallest absolute Gasteiger partial charge is 0.264 e. The van der Waals surface area contributed by atoms with Gasteiger partial charge in [-0.3, -0.25) is 4.79 Å². The minimum absolute atomic E-state index is 0.0155. The molecule has 0 aliphatic heterocycles. The molecule has 0 fully saturated rings. The molecule has 2 heterocycles. The van der Waals surface area contributed by atoms with Crippen LogP contribution in [0.15, 0.2) is 96.4 Å². The SMILES string of the molecule is O=C(Nc1ccc(S(=O)(=O)Nc2ncccn2)cc1)c1ccc(-n2cccc2)cc1. The van der Waals surface area contributed by atoms with Crippen molar-refractivity contribution in [3.8, 4) is 5.69 Å². The molecule has 0 bridgehead atoms. The third kappa shape index (κ3) is 4.36.